The smallest absolute Gasteiger partial charge is 0.234 e. The first-order valence-electron chi connectivity index (χ1n) is 7.16. The second-order valence-electron chi connectivity index (χ2n) is 5.36. The average Bonchev–Trinajstić information content (AvgIpc) is 2.90. The fraction of sp³-hybridized carbons (Fsp3) is 0.176. The Balaban J connectivity index is 1.63. The molecule has 2 N–H and O–H groups in total. The van der Waals surface area contributed by atoms with Crippen molar-refractivity contribution >= 4 is 50.3 Å². The minimum Gasteiger partial charge on any atom is -0.333 e. The van der Waals surface area contributed by atoms with Crippen LogP contribution in [0.3, 0.4) is 0 Å². The summed E-state index contributed by atoms with van der Waals surface area (Å²) in [4.78, 5) is 19.8. The van der Waals surface area contributed by atoms with E-state index in [-0.39, 0.29) is 5.91 Å². The molecular weight excluding hydrogens is 374 g/mol. The molecule has 0 saturated carbocycles. The molecule has 0 aliphatic rings. The molecule has 3 rings (SSSR count). The van der Waals surface area contributed by atoms with Crippen LogP contribution in [0.4, 0.5) is 5.69 Å². The number of thioether (sulfide) groups is 1. The van der Waals surface area contributed by atoms with Crippen LogP contribution in [-0.4, -0.2) is 21.6 Å². The van der Waals surface area contributed by atoms with Crippen LogP contribution in [0.15, 0.2) is 46.0 Å². The third kappa shape index (κ3) is 3.95. The third-order valence-corrected chi connectivity index (χ3v) is 4.78. The Morgan fingerprint density at radius 3 is 2.87 bits per heavy atom. The monoisotopic (exact) mass is 389 g/mol. The van der Waals surface area contributed by atoms with Gasteiger partial charge in [0, 0.05) is 10.2 Å². The number of nitrogens with zero attached hydrogens (tertiary/aromatic N) is 1. The second kappa shape index (κ2) is 6.76. The number of amides is 1. The highest BCUT2D eigenvalue weighted by Gasteiger charge is 2.09. The zero-order valence-electron chi connectivity index (χ0n) is 12.8. The molecule has 0 unspecified atom stereocenters. The maximum atomic E-state index is 12.1. The Morgan fingerprint density at radius 1 is 1.26 bits per heavy atom. The van der Waals surface area contributed by atoms with E-state index in [0.29, 0.717) is 5.75 Å². The number of aromatic nitrogens is 2. The Bertz CT molecular complexity index is 875. The minimum absolute atomic E-state index is 0.0444. The van der Waals surface area contributed by atoms with Crippen LogP contribution in [0, 0.1) is 13.8 Å². The van der Waals surface area contributed by atoms with Gasteiger partial charge < -0.3 is 10.3 Å². The summed E-state index contributed by atoms with van der Waals surface area (Å²) in [5.74, 6) is 0.269. The molecule has 6 heteroatoms. The topological polar surface area (TPSA) is 57.8 Å². The molecule has 0 saturated heterocycles. The number of hydrogen-bond donors (Lipinski definition) is 2. The molecule has 0 atom stereocenters. The summed E-state index contributed by atoms with van der Waals surface area (Å²) in [6, 6.07) is 11.8. The van der Waals surface area contributed by atoms with E-state index in [0.717, 1.165) is 31.9 Å². The lowest BCUT2D eigenvalue weighted by molar-refractivity contribution is -0.113. The first-order chi connectivity index (χ1) is 11.0. The lowest BCUT2D eigenvalue weighted by Crippen LogP contribution is -2.14. The highest BCUT2D eigenvalue weighted by Crippen LogP contribution is 2.22. The van der Waals surface area contributed by atoms with Crippen molar-refractivity contribution in [3.63, 3.8) is 0 Å². The van der Waals surface area contributed by atoms with Crippen molar-refractivity contribution in [3.8, 4) is 0 Å². The molecule has 0 radical (unpaired) electrons. The average molecular weight is 390 g/mol. The number of hydrogen-bond acceptors (Lipinski definition) is 3. The summed E-state index contributed by atoms with van der Waals surface area (Å²) in [6.07, 6.45) is 0. The Morgan fingerprint density at radius 2 is 2.09 bits per heavy atom. The van der Waals surface area contributed by atoms with Gasteiger partial charge in [0.2, 0.25) is 5.91 Å². The van der Waals surface area contributed by atoms with Crippen molar-refractivity contribution in [2.75, 3.05) is 11.1 Å². The fourth-order valence-corrected chi connectivity index (χ4v) is 3.42. The number of rotatable bonds is 4. The van der Waals surface area contributed by atoms with Crippen LogP contribution in [0.5, 0.6) is 0 Å². The van der Waals surface area contributed by atoms with E-state index in [9.17, 15) is 4.79 Å². The molecular formula is C17H16BrN3OS. The number of H-pyrrole nitrogens is 1. The predicted octanol–water partition coefficient (Wildman–Crippen LogP) is 4.67. The van der Waals surface area contributed by atoms with Gasteiger partial charge in [0.05, 0.1) is 16.8 Å². The Labute approximate surface area is 147 Å². The van der Waals surface area contributed by atoms with Crippen molar-refractivity contribution in [3.05, 3.63) is 52.0 Å². The number of nitrogens with one attached hydrogen (secondary N) is 2. The molecule has 1 aromatic heterocycles. The second-order valence-corrected chi connectivity index (χ2v) is 7.24. The van der Waals surface area contributed by atoms with Gasteiger partial charge >= 0.3 is 0 Å². The van der Waals surface area contributed by atoms with Gasteiger partial charge in [-0.1, -0.05) is 33.8 Å². The quantitative estimate of drug-likeness (QED) is 0.637. The number of carbonyl (C=O) groups is 1. The zero-order valence-corrected chi connectivity index (χ0v) is 15.2. The number of benzene rings is 2. The Hall–Kier alpha value is -1.79. The van der Waals surface area contributed by atoms with E-state index in [2.05, 4.69) is 37.3 Å². The van der Waals surface area contributed by atoms with Gasteiger partial charge in [0.15, 0.2) is 5.16 Å². The molecule has 0 fully saturated rings. The van der Waals surface area contributed by atoms with Gasteiger partial charge in [-0.3, -0.25) is 4.79 Å². The van der Waals surface area contributed by atoms with E-state index in [1.807, 2.05) is 44.2 Å². The van der Waals surface area contributed by atoms with Crippen LogP contribution in [-0.2, 0) is 4.79 Å². The van der Waals surface area contributed by atoms with Gasteiger partial charge in [-0.2, -0.15) is 0 Å². The highest BCUT2D eigenvalue weighted by atomic mass is 79.9. The molecule has 1 heterocycles. The van der Waals surface area contributed by atoms with E-state index in [4.69, 9.17) is 0 Å². The van der Waals surface area contributed by atoms with Crippen LogP contribution in [0.2, 0.25) is 0 Å². The summed E-state index contributed by atoms with van der Waals surface area (Å²) < 4.78 is 1.000. The molecule has 3 aromatic rings. The predicted molar refractivity (Wildman–Crippen MR) is 99.1 cm³/mol. The lowest BCUT2D eigenvalue weighted by atomic mass is 10.2. The third-order valence-electron chi connectivity index (χ3n) is 3.42. The molecule has 4 nitrogen and oxygen atoms in total. The molecule has 23 heavy (non-hydrogen) atoms. The van der Waals surface area contributed by atoms with Crippen molar-refractivity contribution in [1.82, 2.24) is 9.97 Å². The van der Waals surface area contributed by atoms with Crippen LogP contribution in [0.1, 0.15) is 11.1 Å². The molecule has 1 amide bonds. The zero-order chi connectivity index (χ0) is 16.4. The molecule has 0 spiro atoms. The van der Waals surface area contributed by atoms with Crippen LogP contribution < -0.4 is 5.32 Å². The van der Waals surface area contributed by atoms with Crippen molar-refractivity contribution < 1.29 is 4.79 Å². The molecule has 0 bridgehead atoms. The first-order valence-corrected chi connectivity index (χ1v) is 8.94. The molecule has 118 valence electrons. The summed E-state index contributed by atoms with van der Waals surface area (Å²) in [6.45, 7) is 4.01. The van der Waals surface area contributed by atoms with Gasteiger partial charge in [0.1, 0.15) is 0 Å². The largest absolute Gasteiger partial charge is 0.333 e. The summed E-state index contributed by atoms with van der Waals surface area (Å²) >= 11 is 4.82. The van der Waals surface area contributed by atoms with Gasteiger partial charge in [-0.05, 0) is 55.3 Å². The molecule has 0 aliphatic carbocycles. The van der Waals surface area contributed by atoms with Gasteiger partial charge in [0.25, 0.3) is 0 Å². The number of aryl methyl sites for hydroxylation is 2. The van der Waals surface area contributed by atoms with E-state index >= 15 is 0 Å². The van der Waals surface area contributed by atoms with Crippen molar-refractivity contribution in [1.29, 1.82) is 0 Å². The first kappa shape index (κ1) is 16.1. The Kier molecular flexibility index (Phi) is 4.73. The number of aromatic amines is 1. The lowest BCUT2D eigenvalue weighted by Gasteiger charge is -2.08. The van der Waals surface area contributed by atoms with Gasteiger partial charge in [-0.15, -0.1) is 0 Å². The van der Waals surface area contributed by atoms with E-state index in [1.165, 1.54) is 17.3 Å². The summed E-state index contributed by atoms with van der Waals surface area (Å²) in [5.41, 5.74) is 4.95. The van der Waals surface area contributed by atoms with Crippen LogP contribution in [0.25, 0.3) is 11.0 Å². The maximum Gasteiger partial charge on any atom is 0.234 e. The van der Waals surface area contributed by atoms with Crippen molar-refractivity contribution in [2.45, 2.75) is 19.0 Å². The number of fused-ring (bicyclic) bond motifs is 1. The van der Waals surface area contributed by atoms with Gasteiger partial charge in [-0.25, -0.2) is 4.98 Å². The normalized spacial score (nSPS) is 10.9. The number of halogens is 1. The molecule has 2 aromatic carbocycles. The number of imidazole rings is 1. The minimum atomic E-state index is -0.0444. The van der Waals surface area contributed by atoms with E-state index in [1.54, 1.807) is 0 Å². The van der Waals surface area contributed by atoms with E-state index < -0.39 is 0 Å². The highest BCUT2D eigenvalue weighted by molar-refractivity contribution is 9.10. The summed E-state index contributed by atoms with van der Waals surface area (Å²) in [5, 5.41) is 3.69. The number of anilines is 1. The fourth-order valence-electron chi connectivity index (χ4n) is 2.26. The SMILES string of the molecule is Cc1ccc2nc(SCC(=O)Nc3ccc(Br)cc3C)[nH]c2c1. The molecule has 0 aliphatic heterocycles. The van der Waals surface area contributed by atoms with Crippen molar-refractivity contribution in [2.24, 2.45) is 0 Å². The maximum absolute atomic E-state index is 12.1. The summed E-state index contributed by atoms with van der Waals surface area (Å²) in [7, 11) is 0. The van der Waals surface area contributed by atoms with Crippen LogP contribution >= 0.6 is 27.7 Å². The standard InChI is InChI=1S/C17H16BrN3OS/c1-10-3-5-14-15(7-10)21-17(20-14)23-9-16(22)19-13-6-4-12(18)8-11(13)2/h3-8H,9H2,1-2H3,(H,19,22)(H,20,21). The number of carbonyl (C=O) groups excluding carboxylic acids is 1.